The van der Waals surface area contributed by atoms with Crippen LogP contribution in [0.2, 0.25) is 0 Å². The molecular weight excluding hydrogens is 439 g/mol. The maximum Gasteiger partial charge on any atom is 0.295 e. The van der Waals surface area contributed by atoms with Crippen LogP contribution in [-0.4, -0.2) is 35.3 Å². The third-order valence-electron chi connectivity index (χ3n) is 4.51. The fourth-order valence-corrected chi connectivity index (χ4v) is 4.23. The molecule has 1 N–H and O–H groups in total. The number of amides is 1. The van der Waals surface area contributed by atoms with Gasteiger partial charge in [0, 0.05) is 11.9 Å². The lowest BCUT2D eigenvalue weighted by Gasteiger charge is -2.08. The number of benzene rings is 2. The zero-order valence-electron chi connectivity index (χ0n) is 16.5. The minimum atomic E-state index is -3.43. The number of hydrogen-bond donors (Lipinski definition) is 1. The molecule has 0 saturated carbocycles. The van der Waals surface area contributed by atoms with Crippen molar-refractivity contribution in [3.8, 4) is 16.4 Å². The number of carbonyl (C=O) groups excluding carboxylic acids is 1. The van der Waals surface area contributed by atoms with Gasteiger partial charge >= 0.3 is 0 Å². The van der Waals surface area contributed by atoms with Crippen LogP contribution < -0.4 is 5.32 Å². The predicted octanol–water partition coefficient (Wildman–Crippen LogP) is 4.10. The summed E-state index contributed by atoms with van der Waals surface area (Å²) < 4.78 is 38.5. The predicted molar refractivity (Wildman–Crippen MR) is 117 cm³/mol. The molecule has 4 rings (SSSR count). The summed E-state index contributed by atoms with van der Waals surface area (Å²) in [4.78, 5) is 18.2. The van der Waals surface area contributed by atoms with Crippen molar-refractivity contribution in [2.45, 2.75) is 11.8 Å². The number of carbonyl (C=O) groups is 1. The number of halogens is 1. The molecule has 0 aliphatic carbocycles. The van der Waals surface area contributed by atoms with Gasteiger partial charge in [0.25, 0.3) is 5.91 Å². The number of sulfone groups is 1. The lowest BCUT2D eigenvalue weighted by atomic mass is 10.2. The fraction of sp³-hybridized carbons (Fsp3) is 0.0952. The average Bonchev–Trinajstić information content (AvgIpc) is 3.39. The smallest absolute Gasteiger partial charge is 0.295 e. The summed E-state index contributed by atoms with van der Waals surface area (Å²) >= 11 is 1.43. The zero-order valence-corrected chi connectivity index (χ0v) is 18.2. The highest BCUT2D eigenvalue weighted by molar-refractivity contribution is 7.90. The van der Waals surface area contributed by atoms with E-state index >= 15 is 0 Å². The first kappa shape index (κ1) is 20.9. The maximum absolute atomic E-state index is 13.4. The fourth-order valence-electron chi connectivity index (χ4n) is 2.88. The highest BCUT2D eigenvalue weighted by atomic mass is 32.2. The molecule has 31 heavy (non-hydrogen) atoms. The third kappa shape index (κ3) is 4.39. The van der Waals surface area contributed by atoms with Gasteiger partial charge in [-0.05, 0) is 60.3 Å². The molecule has 4 aromatic rings. The van der Waals surface area contributed by atoms with E-state index < -0.39 is 15.7 Å². The Bertz CT molecular complexity index is 1360. The van der Waals surface area contributed by atoms with Gasteiger partial charge in [0.2, 0.25) is 5.82 Å². The van der Waals surface area contributed by atoms with Gasteiger partial charge in [-0.1, -0.05) is 12.1 Å². The van der Waals surface area contributed by atoms with Crippen molar-refractivity contribution in [2.75, 3.05) is 11.6 Å². The number of rotatable bonds is 5. The van der Waals surface area contributed by atoms with Crippen LogP contribution in [0.3, 0.4) is 0 Å². The Balaban J connectivity index is 1.73. The number of nitrogens with zero attached hydrogens (tertiary/aromatic N) is 3. The topological polar surface area (TPSA) is 94.0 Å². The van der Waals surface area contributed by atoms with E-state index in [4.69, 9.17) is 0 Å². The molecule has 2 aromatic carbocycles. The molecule has 0 radical (unpaired) electrons. The molecule has 0 aliphatic rings. The molecule has 0 bridgehead atoms. The lowest BCUT2D eigenvalue weighted by molar-refractivity contribution is 0.101. The maximum atomic E-state index is 13.4. The van der Waals surface area contributed by atoms with Crippen molar-refractivity contribution < 1.29 is 17.6 Å². The molecular formula is C21H17FN4O3S2. The summed E-state index contributed by atoms with van der Waals surface area (Å²) in [5.41, 5.74) is 1.59. The number of anilines is 1. The van der Waals surface area contributed by atoms with Crippen LogP contribution >= 0.6 is 11.3 Å². The summed E-state index contributed by atoms with van der Waals surface area (Å²) in [7, 11) is -3.43. The summed E-state index contributed by atoms with van der Waals surface area (Å²) in [6, 6.07) is 13.9. The molecule has 2 aromatic heterocycles. The average molecular weight is 457 g/mol. The molecule has 1 amide bonds. The second kappa shape index (κ2) is 8.05. The van der Waals surface area contributed by atoms with Crippen molar-refractivity contribution in [2.24, 2.45) is 0 Å². The molecule has 0 spiro atoms. The number of aromatic nitrogens is 3. The van der Waals surface area contributed by atoms with Gasteiger partial charge in [0.05, 0.1) is 15.5 Å². The van der Waals surface area contributed by atoms with Gasteiger partial charge in [-0.15, -0.1) is 16.4 Å². The van der Waals surface area contributed by atoms with Crippen molar-refractivity contribution in [1.29, 1.82) is 0 Å². The Labute approximate surface area is 182 Å². The van der Waals surface area contributed by atoms with Gasteiger partial charge < -0.3 is 5.32 Å². The van der Waals surface area contributed by atoms with Gasteiger partial charge in [0.15, 0.2) is 15.7 Å². The normalized spacial score (nSPS) is 11.5. The lowest BCUT2D eigenvalue weighted by Crippen LogP contribution is -2.15. The summed E-state index contributed by atoms with van der Waals surface area (Å²) in [5, 5.41) is 8.88. The standard InChI is InChI=1S/C21H17FN4O3S2/c1-13-5-10-16(31(2,28)29)12-17(13)23-21(27)19-24-20(18-4-3-11-30-18)26(25-19)15-8-6-14(22)7-9-15/h3-12H,1-2H3,(H,23,27). The molecule has 0 aliphatic heterocycles. The largest absolute Gasteiger partial charge is 0.319 e. The number of thiophene rings is 1. The molecule has 10 heteroatoms. The van der Waals surface area contributed by atoms with E-state index in [9.17, 15) is 17.6 Å². The highest BCUT2D eigenvalue weighted by Crippen LogP contribution is 2.26. The van der Waals surface area contributed by atoms with E-state index in [0.717, 1.165) is 11.1 Å². The van der Waals surface area contributed by atoms with E-state index in [0.29, 0.717) is 22.8 Å². The van der Waals surface area contributed by atoms with Crippen molar-refractivity contribution >= 4 is 32.8 Å². The molecule has 0 unspecified atom stereocenters. The number of hydrogen-bond acceptors (Lipinski definition) is 6. The Hall–Kier alpha value is -3.37. The molecule has 0 fully saturated rings. The second-order valence-corrected chi connectivity index (χ2v) is 9.79. The minimum Gasteiger partial charge on any atom is -0.319 e. The van der Waals surface area contributed by atoms with E-state index in [2.05, 4.69) is 15.4 Å². The first-order valence-corrected chi connectivity index (χ1v) is 11.9. The van der Waals surface area contributed by atoms with E-state index in [1.54, 1.807) is 25.1 Å². The molecule has 7 nitrogen and oxygen atoms in total. The molecule has 0 saturated heterocycles. The Morgan fingerprint density at radius 3 is 2.52 bits per heavy atom. The van der Waals surface area contributed by atoms with Crippen molar-refractivity contribution in [3.63, 3.8) is 0 Å². The van der Waals surface area contributed by atoms with Crippen LogP contribution in [0.25, 0.3) is 16.4 Å². The Morgan fingerprint density at radius 1 is 1.13 bits per heavy atom. The Kier molecular flexibility index (Phi) is 5.42. The summed E-state index contributed by atoms with van der Waals surface area (Å²) in [6.07, 6.45) is 1.10. The van der Waals surface area contributed by atoms with Gasteiger partial charge in [0.1, 0.15) is 5.82 Å². The zero-order chi connectivity index (χ0) is 22.2. The van der Waals surface area contributed by atoms with Crippen LogP contribution in [0.4, 0.5) is 10.1 Å². The van der Waals surface area contributed by atoms with E-state index in [-0.39, 0.29) is 16.5 Å². The second-order valence-electron chi connectivity index (χ2n) is 6.83. The van der Waals surface area contributed by atoms with Crippen LogP contribution in [0.1, 0.15) is 16.2 Å². The quantitative estimate of drug-likeness (QED) is 0.488. The van der Waals surface area contributed by atoms with Gasteiger partial charge in [-0.3, -0.25) is 4.79 Å². The van der Waals surface area contributed by atoms with Crippen LogP contribution in [0.15, 0.2) is 64.9 Å². The minimum absolute atomic E-state index is 0.0949. The van der Waals surface area contributed by atoms with Crippen LogP contribution in [-0.2, 0) is 9.84 Å². The SMILES string of the molecule is Cc1ccc(S(C)(=O)=O)cc1NC(=O)c1nc(-c2cccs2)n(-c2ccc(F)cc2)n1. The Morgan fingerprint density at radius 2 is 1.87 bits per heavy atom. The number of aryl methyl sites for hydroxylation is 1. The van der Waals surface area contributed by atoms with Gasteiger partial charge in [-0.25, -0.2) is 22.5 Å². The van der Waals surface area contributed by atoms with Crippen LogP contribution in [0.5, 0.6) is 0 Å². The monoisotopic (exact) mass is 456 g/mol. The molecule has 158 valence electrons. The highest BCUT2D eigenvalue weighted by Gasteiger charge is 2.20. The first-order chi connectivity index (χ1) is 14.7. The van der Waals surface area contributed by atoms with Crippen LogP contribution in [0, 0.1) is 12.7 Å². The number of nitrogens with one attached hydrogen (secondary N) is 1. The van der Waals surface area contributed by atoms with E-state index in [1.165, 1.54) is 40.3 Å². The van der Waals surface area contributed by atoms with Crippen molar-refractivity contribution in [3.05, 3.63) is 77.2 Å². The molecule has 0 atom stereocenters. The molecule has 2 heterocycles. The summed E-state index contributed by atoms with van der Waals surface area (Å²) in [5.74, 6) is -0.640. The summed E-state index contributed by atoms with van der Waals surface area (Å²) in [6.45, 7) is 1.75. The van der Waals surface area contributed by atoms with Crippen molar-refractivity contribution in [1.82, 2.24) is 14.8 Å². The van der Waals surface area contributed by atoms with Gasteiger partial charge in [-0.2, -0.15) is 0 Å². The third-order valence-corrected chi connectivity index (χ3v) is 6.48. The first-order valence-electron chi connectivity index (χ1n) is 9.11. The van der Waals surface area contributed by atoms with E-state index in [1.807, 2.05) is 17.5 Å².